The highest BCUT2D eigenvalue weighted by atomic mass is 35.5. The maximum Gasteiger partial charge on any atom is 0.269 e. The van der Waals surface area contributed by atoms with E-state index in [4.69, 9.17) is 21.3 Å². The highest BCUT2D eigenvalue weighted by molar-refractivity contribution is 8.14. The molecule has 2 aromatic rings. The monoisotopic (exact) mass is 402 g/mol. The van der Waals surface area contributed by atoms with Crippen molar-refractivity contribution in [3.8, 4) is 5.75 Å². The minimum absolute atomic E-state index is 0.0749. The van der Waals surface area contributed by atoms with Crippen LogP contribution in [0, 0.1) is 6.92 Å². The lowest BCUT2D eigenvalue weighted by atomic mass is 10.2. The number of amides is 1. The molecule has 1 heterocycles. The summed E-state index contributed by atoms with van der Waals surface area (Å²) in [7, 11) is 0. The highest BCUT2D eigenvalue weighted by Crippen LogP contribution is 2.31. The summed E-state index contributed by atoms with van der Waals surface area (Å²) in [4.78, 5) is 19.7. The van der Waals surface area contributed by atoms with E-state index in [1.807, 2.05) is 31.2 Å². The third kappa shape index (κ3) is 4.66. The van der Waals surface area contributed by atoms with Crippen LogP contribution in [0.2, 0.25) is 5.02 Å². The Morgan fingerprint density at radius 1 is 1.30 bits per heavy atom. The Hall–Kier alpha value is -1.98. The molecule has 1 aliphatic rings. The fraction of sp³-hybridized carbons (Fsp3) is 0.333. The van der Waals surface area contributed by atoms with Crippen LogP contribution in [0.3, 0.4) is 0 Å². The molecule has 0 aliphatic carbocycles. The Bertz CT molecular complexity index is 838. The van der Waals surface area contributed by atoms with Crippen LogP contribution in [0.15, 0.2) is 53.5 Å². The number of rotatable bonds is 5. The molecule has 142 valence electrons. The van der Waals surface area contributed by atoms with Crippen LogP contribution < -0.4 is 4.74 Å². The number of hydrogen-bond acceptors (Lipinski definition) is 4. The lowest BCUT2D eigenvalue weighted by Gasteiger charge is -2.26. The third-order valence-corrected chi connectivity index (χ3v) is 5.84. The van der Waals surface area contributed by atoms with Gasteiger partial charge in [0.2, 0.25) is 0 Å². The Morgan fingerprint density at radius 3 is 2.67 bits per heavy atom. The molecule has 1 aliphatic heterocycles. The van der Waals surface area contributed by atoms with Crippen molar-refractivity contribution < 1.29 is 9.53 Å². The van der Waals surface area contributed by atoms with E-state index in [0.717, 1.165) is 28.6 Å². The summed E-state index contributed by atoms with van der Waals surface area (Å²) in [5.74, 6) is 1.40. The normalized spacial score (nSPS) is 19.3. The van der Waals surface area contributed by atoms with Crippen molar-refractivity contribution in [3.05, 3.63) is 59.1 Å². The van der Waals surface area contributed by atoms with Gasteiger partial charge in [-0.3, -0.25) is 9.69 Å². The number of aryl methyl sites for hydroxylation is 1. The summed E-state index contributed by atoms with van der Waals surface area (Å²) in [5, 5.41) is 1.38. The second kappa shape index (κ2) is 8.81. The Kier molecular flexibility index (Phi) is 6.45. The predicted molar refractivity (Wildman–Crippen MR) is 113 cm³/mol. The number of para-hydroxylation sites is 1. The fourth-order valence-corrected chi connectivity index (χ4v) is 4.28. The molecule has 4 nitrogen and oxygen atoms in total. The summed E-state index contributed by atoms with van der Waals surface area (Å²) < 4.78 is 5.84. The summed E-state index contributed by atoms with van der Waals surface area (Å²) >= 11 is 7.53. The van der Waals surface area contributed by atoms with Crippen molar-refractivity contribution in [2.75, 3.05) is 5.75 Å². The largest absolute Gasteiger partial charge is 0.481 e. The van der Waals surface area contributed by atoms with E-state index in [1.165, 1.54) is 0 Å². The fourth-order valence-electron chi connectivity index (χ4n) is 2.89. The predicted octanol–water partition coefficient (Wildman–Crippen LogP) is 5.46. The first-order valence-electron chi connectivity index (χ1n) is 9.02. The van der Waals surface area contributed by atoms with Gasteiger partial charge in [-0.05, 0) is 56.2 Å². The number of aliphatic imine (C=N–C) groups is 1. The zero-order valence-electron chi connectivity index (χ0n) is 15.7. The highest BCUT2D eigenvalue weighted by Gasteiger charge is 2.37. The Labute approximate surface area is 169 Å². The number of thioether (sulfide) groups is 1. The molecule has 0 N–H and O–H groups in total. The van der Waals surface area contributed by atoms with E-state index in [2.05, 4.69) is 6.92 Å². The standard InChI is InChI=1S/C21H23ClN2O2S/c1-4-17-13-27-21(23-19-8-6-5-7-14(19)2)24(17)20(25)15(3)26-18-11-9-16(22)10-12-18/h5-12,15,17H,4,13H2,1-3H3/t15-,17-/m0/s1. The number of nitrogens with zero attached hydrogens (tertiary/aromatic N) is 2. The molecule has 6 heteroatoms. The van der Waals surface area contributed by atoms with Crippen molar-refractivity contribution in [3.63, 3.8) is 0 Å². The smallest absolute Gasteiger partial charge is 0.269 e. The molecular formula is C21H23ClN2O2S. The van der Waals surface area contributed by atoms with Gasteiger partial charge in [-0.2, -0.15) is 0 Å². The zero-order chi connectivity index (χ0) is 19.4. The minimum Gasteiger partial charge on any atom is -0.481 e. The van der Waals surface area contributed by atoms with E-state index < -0.39 is 6.10 Å². The number of hydrogen-bond donors (Lipinski definition) is 0. The number of carbonyl (C=O) groups is 1. The van der Waals surface area contributed by atoms with Crippen LogP contribution >= 0.6 is 23.4 Å². The first kappa shape index (κ1) is 19.8. The van der Waals surface area contributed by atoms with Gasteiger partial charge in [0.1, 0.15) is 5.75 Å². The lowest BCUT2D eigenvalue weighted by molar-refractivity contribution is -0.135. The first-order chi connectivity index (χ1) is 13.0. The van der Waals surface area contributed by atoms with Crippen molar-refractivity contribution in [2.45, 2.75) is 39.3 Å². The molecule has 0 bridgehead atoms. The molecule has 0 spiro atoms. The maximum absolute atomic E-state index is 13.2. The molecule has 27 heavy (non-hydrogen) atoms. The van der Waals surface area contributed by atoms with Gasteiger partial charge in [-0.15, -0.1) is 0 Å². The second-order valence-corrected chi connectivity index (χ2v) is 7.90. The Morgan fingerprint density at radius 2 is 2.00 bits per heavy atom. The summed E-state index contributed by atoms with van der Waals surface area (Å²) in [6.07, 6.45) is 0.264. The van der Waals surface area contributed by atoms with Crippen LogP contribution in [0.1, 0.15) is 25.8 Å². The van der Waals surface area contributed by atoms with Crippen molar-refractivity contribution in [2.24, 2.45) is 4.99 Å². The quantitative estimate of drug-likeness (QED) is 0.667. The number of benzene rings is 2. The molecule has 2 atom stereocenters. The van der Waals surface area contributed by atoms with Crippen molar-refractivity contribution >= 4 is 40.1 Å². The molecular weight excluding hydrogens is 380 g/mol. The van der Waals surface area contributed by atoms with Crippen LogP contribution in [0.4, 0.5) is 5.69 Å². The molecule has 3 rings (SSSR count). The number of halogens is 1. The average Bonchev–Trinajstić information content (AvgIpc) is 3.07. The molecule has 2 aromatic carbocycles. The number of carbonyl (C=O) groups excluding carboxylic acids is 1. The second-order valence-electron chi connectivity index (χ2n) is 6.48. The van der Waals surface area contributed by atoms with Crippen LogP contribution in [0.25, 0.3) is 0 Å². The molecule has 0 aromatic heterocycles. The number of amidine groups is 1. The van der Waals surface area contributed by atoms with Gasteiger partial charge in [0.15, 0.2) is 11.3 Å². The van der Waals surface area contributed by atoms with E-state index >= 15 is 0 Å². The van der Waals surface area contributed by atoms with Gasteiger partial charge >= 0.3 is 0 Å². The van der Waals surface area contributed by atoms with Gasteiger partial charge in [-0.25, -0.2) is 4.99 Å². The Balaban J connectivity index is 1.82. The summed E-state index contributed by atoms with van der Waals surface area (Å²) in [6, 6.07) is 15.1. The molecule has 0 unspecified atom stereocenters. The van der Waals surface area contributed by atoms with E-state index in [9.17, 15) is 4.79 Å². The van der Waals surface area contributed by atoms with Gasteiger partial charge in [0.25, 0.3) is 5.91 Å². The summed E-state index contributed by atoms with van der Waals surface area (Å²) in [5.41, 5.74) is 1.98. The molecule has 1 saturated heterocycles. The minimum atomic E-state index is -0.610. The van der Waals surface area contributed by atoms with Gasteiger partial charge < -0.3 is 4.74 Å². The van der Waals surface area contributed by atoms with E-state index in [1.54, 1.807) is 47.9 Å². The van der Waals surface area contributed by atoms with Gasteiger partial charge in [-0.1, -0.05) is 48.5 Å². The zero-order valence-corrected chi connectivity index (χ0v) is 17.3. The lowest BCUT2D eigenvalue weighted by Crippen LogP contribution is -2.45. The SMILES string of the molecule is CC[C@H]1CSC(=Nc2ccccc2C)N1C(=O)[C@H](C)Oc1ccc(Cl)cc1. The maximum atomic E-state index is 13.2. The van der Waals surface area contributed by atoms with Crippen LogP contribution in [-0.4, -0.2) is 33.9 Å². The first-order valence-corrected chi connectivity index (χ1v) is 10.4. The third-order valence-electron chi connectivity index (χ3n) is 4.49. The van der Waals surface area contributed by atoms with Gasteiger partial charge in [0, 0.05) is 16.8 Å². The van der Waals surface area contributed by atoms with Crippen molar-refractivity contribution in [1.82, 2.24) is 4.90 Å². The topological polar surface area (TPSA) is 41.9 Å². The summed E-state index contributed by atoms with van der Waals surface area (Å²) in [6.45, 7) is 5.89. The molecule has 1 fully saturated rings. The number of ether oxygens (including phenoxy) is 1. The van der Waals surface area contributed by atoms with E-state index in [0.29, 0.717) is 10.8 Å². The molecule has 0 radical (unpaired) electrons. The molecule has 0 saturated carbocycles. The van der Waals surface area contributed by atoms with Crippen LogP contribution in [-0.2, 0) is 4.79 Å². The van der Waals surface area contributed by atoms with Gasteiger partial charge in [0.05, 0.1) is 5.69 Å². The molecule has 1 amide bonds. The van der Waals surface area contributed by atoms with E-state index in [-0.39, 0.29) is 11.9 Å². The average molecular weight is 403 g/mol. The van der Waals surface area contributed by atoms with Crippen molar-refractivity contribution in [1.29, 1.82) is 0 Å². The van der Waals surface area contributed by atoms with Crippen LogP contribution in [0.5, 0.6) is 5.75 Å².